The number of hydrogen-bond acceptors (Lipinski definition) is 4. The molecule has 0 radical (unpaired) electrons. The van der Waals surface area contributed by atoms with E-state index in [0.29, 0.717) is 17.3 Å². The van der Waals surface area contributed by atoms with Gasteiger partial charge in [0.1, 0.15) is 5.76 Å². The average Bonchev–Trinajstić information content (AvgIpc) is 2.86. The number of likely N-dealkylation sites (tertiary alicyclic amines) is 1. The van der Waals surface area contributed by atoms with Crippen molar-refractivity contribution in [3.8, 4) is 0 Å². The Morgan fingerprint density at radius 2 is 1.91 bits per heavy atom. The maximum Gasteiger partial charge on any atom is 0.276 e. The molecular weight excluding hydrogens is 280 g/mol. The van der Waals surface area contributed by atoms with Crippen LogP contribution in [0.4, 0.5) is 0 Å². The molecule has 0 bridgehead atoms. The van der Waals surface area contributed by atoms with E-state index in [1.54, 1.807) is 13.8 Å². The molecule has 1 N–H and O–H groups in total. The van der Waals surface area contributed by atoms with E-state index in [0.717, 1.165) is 51.5 Å². The molecule has 3 rings (SSSR count). The minimum atomic E-state index is -0.271. The molecule has 2 heterocycles. The summed E-state index contributed by atoms with van der Waals surface area (Å²) in [6, 6.07) is 0.146. The van der Waals surface area contributed by atoms with Gasteiger partial charge in [0.15, 0.2) is 11.6 Å². The van der Waals surface area contributed by atoms with Crippen molar-refractivity contribution in [1.82, 2.24) is 9.88 Å². The van der Waals surface area contributed by atoms with Gasteiger partial charge in [-0.1, -0.05) is 12.8 Å². The number of nitrogens with zero attached hydrogens (tertiary/aromatic N) is 2. The summed E-state index contributed by atoms with van der Waals surface area (Å²) >= 11 is 0. The van der Waals surface area contributed by atoms with Crippen molar-refractivity contribution in [2.24, 2.45) is 5.92 Å². The van der Waals surface area contributed by atoms with Crippen LogP contribution in [0.5, 0.6) is 0 Å². The van der Waals surface area contributed by atoms with E-state index in [9.17, 15) is 9.90 Å². The van der Waals surface area contributed by atoms with E-state index in [2.05, 4.69) is 4.98 Å². The molecule has 5 heteroatoms. The van der Waals surface area contributed by atoms with Crippen LogP contribution in [-0.2, 0) is 0 Å². The van der Waals surface area contributed by atoms with Gasteiger partial charge < -0.3 is 14.4 Å². The van der Waals surface area contributed by atoms with Gasteiger partial charge in [0.25, 0.3) is 5.91 Å². The standard InChI is InChI=1S/C17H26N2O3/c1-11-16(18-12(2)22-11)17(21)19-10-6-5-8-14(19)13-7-3-4-9-15(13)20/h13-15,20H,3-10H2,1-2H3/t13-,14+,15+/m0/s1. The van der Waals surface area contributed by atoms with E-state index in [1.165, 1.54) is 0 Å². The molecule has 1 aromatic heterocycles. The van der Waals surface area contributed by atoms with Gasteiger partial charge in [-0.25, -0.2) is 4.98 Å². The molecule has 1 aliphatic carbocycles. The molecule has 22 heavy (non-hydrogen) atoms. The van der Waals surface area contributed by atoms with Crippen molar-refractivity contribution in [2.75, 3.05) is 6.54 Å². The minimum Gasteiger partial charge on any atom is -0.445 e. The number of aryl methyl sites for hydroxylation is 2. The number of rotatable bonds is 2. The quantitative estimate of drug-likeness (QED) is 0.912. The lowest BCUT2D eigenvalue weighted by Gasteiger charge is -2.43. The molecule has 1 amide bonds. The molecule has 5 nitrogen and oxygen atoms in total. The monoisotopic (exact) mass is 306 g/mol. The van der Waals surface area contributed by atoms with Crippen LogP contribution in [0, 0.1) is 19.8 Å². The molecule has 3 atom stereocenters. The number of carbonyl (C=O) groups excluding carboxylic acids is 1. The van der Waals surface area contributed by atoms with Crippen molar-refractivity contribution in [2.45, 2.75) is 70.9 Å². The molecule has 2 aliphatic rings. The highest BCUT2D eigenvalue weighted by atomic mass is 16.4. The smallest absolute Gasteiger partial charge is 0.276 e. The Balaban J connectivity index is 1.83. The van der Waals surface area contributed by atoms with Gasteiger partial charge in [-0.3, -0.25) is 4.79 Å². The first-order valence-electron chi connectivity index (χ1n) is 8.51. The molecule has 1 aliphatic heterocycles. The van der Waals surface area contributed by atoms with Crippen LogP contribution in [0.1, 0.15) is 67.1 Å². The molecule has 2 fully saturated rings. The van der Waals surface area contributed by atoms with Crippen LogP contribution in [0.2, 0.25) is 0 Å². The molecule has 122 valence electrons. The highest BCUT2D eigenvalue weighted by Crippen LogP contribution is 2.34. The Hall–Kier alpha value is -1.36. The number of aliphatic hydroxyl groups is 1. The Kier molecular flexibility index (Phi) is 4.52. The normalized spacial score (nSPS) is 29.6. The van der Waals surface area contributed by atoms with Crippen LogP contribution in [0.3, 0.4) is 0 Å². The Bertz CT molecular complexity index is 540. The number of hydrogen-bond donors (Lipinski definition) is 1. The molecule has 1 aromatic rings. The summed E-state index contributed by atoms with van der Waals surface area (Å²) in [6.45, 7) is 4.32. The van der Waals surface area contributed by atoms with Crippen molar-refractivity contribution in [3.63, 3.8) is 0 Å². The third-order valence-electron chi connectivity index (χ3n) is 5.19. The molecule has 0 spiro atoms. The third-order valence-corrected chi connectivity index (χ3v) is 5.19. The van der Waals surface area contributed by atoms with Gasteiger partial charge in [-0.15, -0.1) is 0 Å². The predicted molar refractivity (Wildman–Crippen MR) is 82.6 cm³/mol. The molecule has 0 unspecified atom stereocenters. The fourth-order valence-corrected chi connectivity index (χ4v) is 4.11. The first-order chi connectivity index (χ1) is 10.6. The average molecular weight is 306 g/mol. The number of oxazole rings is 1. The Labute approximate surface area is 131 Å². The fraction of sp³-hybridized carbons (Fsp3) is 0.765. The lowest BCUT2D eigenvalue weighted by atomic mass is 9.78. The van der Waals surface area contributed by atoms with Crippen molar-refractivity contribution in [3.05, 3.63) is 17.3 Å². The summed E-state index contributed by atoms with van der Waals surface area (Å²) in [7, 11) is 0. The summed E-state index contributed by atoms with van der Waals surface area (Å²) in [5.74, 6) is 1.31. The van der Waals surface area contributed by atoms with E-state index in [4.69, 9.17) is 4.42 Å². The molecule has 0 aromatic carbocycles. The maximum absolute atomic E-state index is 12.9. The molecule has 1 saturated heterocycles. The topological polar surface area (TPSA) is 66.6 Å². The minimum absolute atomic E-state index is 0.0307. The van der Waals surface area contributed by atoms with Crippen LogP contribution in [0.15, 0.2) is 4.42 Å². The summed E-state index contributed by atoms with van der Waals surface area (Å²) in [6.07, 6.45) is 7.02. The number of aliphatic hydroxyl groups excluding tert-OH is 1. The lowest BCUT2D eigenvalue weighted by Crippen LogP contribution is -2.51. The van der Waals surface area contributed by atoms with Crippen LogP contribution < -0.4 is 0 Å². The first kappa shape index (κ1) is 15.5. The molecular formula is C17H26N2O3. The van der Waals surface area contributed by atoms with E-state index < -0.39 is 0 Å². The molecule has 1 saturated carbocycles. The van der Waals surface area contributed by atoms with Crippen LogP contribution in [0.25, 0.3) is 0 Å². The number of carbonyl (C=O) groups is 1. The van der Waals surface area contributed by atoms with E-state index in [-0.39, 0.29) is 24.0 Å². The highest BCUT2D eigenvalue weighted by molar-refractivity contribution is 5.93. The summed E-state index contributed by atoms with van der Waals surface area (Å²) in [5.41, 5.74) is 0.440. The lowest BCUT2D eigenvalue weighted by molar-refractivity contribution is -0.00155. The largest absolute Gasteiger partial charge is 0.445 e. The zero-order valence-corrected chi connectivity index (χ0v) is 13.5. The van der Waals surface area contributed by atoms with E-state index >= 15 is 0 Å². The SMILES string of the molecule is Cc1nc(C(=O)N2CCCC[C@@H]2[C@@H]2CCCC[C@H]2O)c(C)o1. The van der Waals surface area contributed by atoms with Gasteiger partial charge >= 0.3 is 0 Å². The zero-order chi connectivity index (χ0) is 15.7. The van der Waals surface area contributed by atoms with Crippen molar-refractivity contribution >= 4 is 5.91 Å². The van der Waals surface area contributed by atoms with Crippen LogP contribution in [-0.4, -0.2) is 39.6 Å². The summed E-state index contributed by atoms with van der Waals surface area (Å²) in [4.78, 5) is 19.1. The van der Waals surface area contributed by atoms with Gasteiger partial charge in [-0.05, 0) is 39.0 Å². The zero-order valence-electron chi connectivity index (χ0n) is 13.5. The number of piperidine rings is 1. The van der Waals surface area contributed by atoms with Gasteiger partial charge in [0.2, 0.25) is 0 Å². The highest BCUT2D eigenvalue weighted by Gasteiger charge is 2.38. The van der Waals surface area contributed by atoms with Crippen molar-refractivity contribution < 1.29 is 14.3 Å². The summed E-state index contributed by atoms with van der Waals surface area (Å²) < 4.78 is 5.42. The first-order valence-corrected chi connectivity index (χ1v) is 8.51. The Morgan fingerprint density at radius 3 is 2.59 bits per heavy atom. The Morgan fingerprint density at radius 1 is 1.18 bits per heavy atom. The van der Waals surface area contributed by atoms with Crippen LogP contribution >= 0.6 is 0 Å². The second-order valence-electron chi connectivity index (χ2n) is 6.72. The maximum atomic E-state index is 12.9. The van der Waals surface area contributed by atoms with E-state index in [1.807, 2.05) is 4.90 Å². The van der Waals surface area contributed by atoms with Gasteiger partial charge in [-0.2, -0.15) is 0 Å². The second kappa shape index (κ2) is 6.41. The van der Waals surface area contributed by atoms with Gasteiger partial charge in [0, 0.05) is 25.4 Å². The number of aromatic nitrogens is 1. The predicted octanol–water partition coefficient (Wildman–Crippen LogP) is 2.84. The second-order valence-corrected chi connectivity index (χ2v) is 6.72. The third kappa shape index (κ3) is 2.91. The van der Waals surface area contributed by atoms with Gasteiger partial charge in [0.05, 0.1) is 6.10 Å². The fourth-order valence-electron chi connectivity index (χ4n) is 4.11. The number of amides is 1. The van der Waals surface area contributed by atoms with Crippen molar-refractivity contribution in [1.29, 1.82) is 0 Å². The summed E-state index contributed by atoms with van der Waals surface area (Å²) in [5, 5.41) is 10.4.